The molecule has 1 atom stereocenters. The van der Waals surface area contributed by atoms with Crippen molar-refractivity contribution in [2.24, 2.45) is 0 Å². The third kappa shape index (κ3) is 7.35. The van der Waals surface area contributed by atoms with Crippen molar-refractivity contribution in [3.8, 4) is 0 Å². The Morgan fingerprint density at radius 2 is 1.92 bits per heavy atom. The molecule has 1 aromatic heterocycles. The molecule has 1 fully saturated rings. The number of hydrogen-bond donors (Lipinski definition) is 1. The SMILES string of the molecule is O=C1NC(=O)C(Cc2cc[c-]cc2)S1.[CH2-]Cc1ccc(CC)cn1.[U+2]. The van der Waals surface area contributed by atoms with Crippen LogP contribution in [0.3, 0.4) is 0 Å². The van der Waals surface area contributed by atoms with E-state index in [1.165, 1.54) is 5.56 Å². The summed E-state index contributed by atoms with van der Waals surface area (Å²) in [5, 5.41) is 1.74. The number of benzene rings is 1. The largest absolute Gasteiger partial charge is 2.00 e. The molecular formula is C19H20N2O2SU. The van der Waals surface area contributed by atoms with E-state index in [4.69, 9.17) is 0 Å². The van der Waals surface area contributed by atoms with E-state index >= 15 is 0 Å². The summed E-state index contributed by atoms with van der Waals surface area (Å²) in [4.78, 5) is 26.3. The summed E-state index contributed by atoms with van der Waals surface area (Å²) >= 11 is 1.06. The molecule has 1 N–H and O–H groups in total. The summed E-state index contributed by atoms with van der Waals surface area (Å²) in [6.45, 7) is 5.87. The molecular weight excluding hydrogens is 558 g/mol. The van der Waals surface area contributed by atoms with Crippen molar-refractivity contribution in [3.63, 3.8) is 0 Å². The molecule has 1 unspecified atom stereocenters. The first kappa shape index (κ1) is 22.0. The quantitative estimate of drug-likeness (QED) is 0.566. The molecule has 0 spiro atoms. The molecule has 128 valence electrons. The number of thioether (sulfide) groups is 1. The molecule has 6 heteroatoms. The van der Waals surface area contributed by atoms with Crippen LogP contribution < -0.4 is 5.32 Å². The second-order valence-corrected chi connectivity index (χ2v) is 6.43. The van der Waals surface area contributed by atoms with Crippen molar-refractivity contribution in [1.82, 2.24) is 10.3 Å². The second kappa shape index (κ2) is 11.5. The van der Waals surface area contributed by atoms with Crippen molar-refractivity contribution >= 4 is 22.9 Å². The van der Waals surface area contributed by atoms with Crippen LogP contribution in [0.2, 0.25) is 0 Å². The normalized spacial score (nSPS) is 15.7. The van der Waals surface area contributed by atoms with E-state index in [-0.39, 0.29) is 47.5 Å². The molecule has 25 heavy (non-hydrogen) atoms. The Labute approximate surface area is 177 Å². The topological polar surface area (TPSA) is 59.1 Å². The summed E-state index contributed by atoms with van der Waals surface area (Å²) in [6, 6.07) is 14.4. The summed E-state index contributed by atoms with van der Waals surface area (Å²) in [5.41, 5.74) is 3.40. The van der Waals surface area contributed by atoms with Gasteiger partial charge in [-0.3, -0.25) is 19.9 Å². The fourth-order valence-corrected chi connectivity index (χ4v) is 2.97. The number of amides is 2. The summed E-state index contributed by atoms with van der Waals surface area (Å²) < 4.78 is 0. The molecule has 0 aliphatic carbocycles. The number of aryl methyl sites for hydroxylation is 1. The van der Waals surface area contributed by atoms with Crippen molar-refractivity contribution in [2.45, 2.75) is 31.4 Å². The van der Waals surface area contributed by atoms with Gasteiger partial charge in [-0.25, -0.2) is 0 Å². The van der Waals surface area contributed by atoms with Gasteiger partial charge in [-0.05, 0) is 24.5 Å². The van der Waals surface area contributed by atoms with Crippen LogP contribution in [0.1, 0.15) is 23.7 Å². The monoisotopic (exact) mass is 578 g/mol. The second-order valence-electron chi connectivity index (χ2n) is 5.26. The number of carbonyl (C=O) groups excluding carboxylic acids is 2. The maximum atomic E-state index is 11.2. The van der Waals surface area contributed by atoms with E-state index in [1.807, 2.05) is 24.4 Å². The first-order valence-corrected chi connectivity index (χ1v) is 8.69. The molecule has 2 amide bonds. The van der Waals surface area contributed by atoms with E-state index in [9.17, 15) is 9.59 Å². The predicted octanol–water partition coefficient (Wildman–Crippen LogP) is 3.40. The Morgan fingerprint density at radius 3 is 2.40 bits per heavy atom. The molecule has 0 saturated carbocycles. The number of pyridine rings is 1. The Bertz CT molecular complexity index is 655. The van der Waals surface area contributed by atoms with Crippen molar-refractivity contribution in [1.29, 1.82) is 0 Å². The summed E-state index contributed by atoms with van der Waals surface area (Å²) in [7, 11) is 0. The predicted molar refractivity (Wildman–Crippen MR) is 96.6 cm³/mol. The number of nitrogens with one attached hydrogen (secondary N) is 1. The van der Waals surface area contributed by atoms with E-state index in [0.29, 0.717) is 6.42 Å². The summed E-state index contributed by atoms with van der Waals surface area (Å²) in [6.07, 6.45) is 4.35. The molecule has 0 radical (unpaired) electrons. The number of aromatic nitrogens is 1. The van der Waals surface area contributed by atoms with Crippen LogP contribution in [-0.2, 0) is 24.1 Å². The maximum absolute atomic E-state index is 11.2. The van der Waals surface area contributed by atoms with Gasteiger partial charge in [0.15, 0.2) is 0 Å². The Hall–Kier alpha value is -1.09. The van der Waals surface area contributed by atoms with Crippen LogP contribution in [0.15, 0.2) is 42.6 Å². The fraction of sp³-hybridized carbons (Fsp3) is 0.263. The van der Waals surface area contributed by atoms with Crippen LogP contribution in [0.25, 0.3) is 0 Å². The van der Waals surface area contributed by atoms with Gasteiger partial charge < -0.3 is 6.92 Å². The average Bonchev–Trinajstić information content (AvgIpc) is 2.93. The van der Waals surface area contributed by atoms with Crippen LogP contribution in [0, 0.1) is 44.1 Å². The van der Waals surface area contributed by atoms with Gasteiger partial charge in [0.2, 0.25) is 5.91 Å². The van der Waals surface area contributed by atoms with Crippen LogP contribution in [-0.4, -0.2) is 21.4 Å². The number of imide groups is 1. The zero-order valence-corrected chi connectivity index (χ0v) is 19.1. The molecule has 2 heterocycles. The minimum atomic E-state index is -0.273. The van der Waals surface area contributed by atoms with Gasteiger partial charge in [0, 0.05) is 11.9 Å². The Balaban J connectivity index is 0.000000254. The van der Waals surface area contributed by atoms with Gasteiger partial charge in [-0.2, -0.15) is 35.9 Å². The van der Waals surface area contributed by atoms with Crippen LogP contribution in [0.4, 0.5) is 4.79 Å². The zero-order chi connectivity index (χ0) is 17.4. The number of hydrogen-bond acceptors (Lipinski definition) is 4. The maximum Gasteiger partial charge on any atom is 2.00 e. The van der Waals surface area contributed by atoms with Gasteiger partial charge in [0.25, 0.3) is 5.24 Å². The molecule has 0 bridgehead atoms. The van der Waals surface area contributed by atoms with Gasteiger partial charge >= 0.3 is 31.1 Å². The third-order valence-electron chi connectivity index (χ3n) is 3.53. The van der Waals surface area contributed by atoms with Crippen molar-refractivity contribution in [3.05, 3.63) is 72.4 Å². The number of nitrogens with zero attached hydrogens (tertiary/aromatic N) is 1. The van der Waals surface area contributed by atoms with Gasteiger partial charge in [0.05, 0.1) is 5.25 Å². The molecule has 2 aromatic rings. The first-order valence-electron chi connectivity index (χ1n) is 7.82. The Kier molecular flexibility index (Phi) is 10.1. The molecule has 4 nitrogen and oxygen atoms in total. The molecule has 1 aliphatic heterocycles. The van der Waals surface area contributed by atoms with Gasteiger partial charge in [0.1, 0.15) is 0 Å². The van der Waals surface area contributed by atoms with Crippen LogP contribution in [0.5, 0.6) is 0 Å². The van der Waals surface area contributed by atoms with E-state index in [1.54, 1.807) is 12.1 Å². The van der Waals surface area contributed by atoms with Gasteiger partial charge in [-0.15, -0.1) is 6.42 Å². The summed E-state index contributed by atoms with van der Waals surface area (Å²) in [5.74, 6) is -0.187. The molecule has 1 aliphatic rings. The fourth-order valence-electron chi connectivity index (χ4n) is 2.11. The zero-order valence-electron chi connectivity index (χ0n) is 14.1. The smallest absolute Gasteiger partial charge is 0.338 e. The van der Waals surface area contributed by atoms with Gasteiger partial charge in [-0.1, -0.05) is 24.8 Å². The Morgan fingerprint density at radius 1 is 1.20 bits per heavy atom. The molecule has 3 rings (SSSR count). The first-order chi connectivity index (χ1) is 11.6. The van der Waals surface area contributed by atoms with E-state index in [0.717, 1.165) is 35.9 Å². The van der Waals surface area contributed by atoms with Crippen LogP contribution >= 0.6 is 11.8 Å². The van der Waals surface area contributed by atoms with Crippen molar-refractivity contribution in [2.75, 3.05) is 0 Å². The number of carbonyl (C=O) groups is 2. The number of rotatable bonds is 4. The van der Waals surface area contributed by atoms with E-state index in [2.05, 4.69) is 36.3 Å². The average molecular weight is 578 g/mol. The molecule has 1 aromatic carbocycles. The molecule has 1 saturated heterocycles. The van der Waals surface area contributed by atoms with Crippen molar-refractivity contribution < 1.29 is 40.7 Å². The van der Waals surface area contributed by atoms with E-state index < -0.39 is 0 Å². The minimum absolute atomic E-state index is 0. The standard InChI is InChI=1S/C10H8NO2S.C9H12N.U/c12-9-8(14-10(13)11-9)6-7-4-2-1-3-5-7;1-3-8-5-6-9(4-2)10-7-8;/h2-5,8H,6H2,(H,11,12,13);5-7H,2-4H2,1H3;/q2*-1;+2. The minimum Gasteiger partial charge on any atom is -0.338 e. The third-order valence-corrected chi connectivity index (χ3v) is 4.51.